The number of carbonyl (C=O) groups is 1. The molecule has 5 heteroatoms. The second-order valence-corrected chi connectivity index (χ2v) is 6.89. The molecule has 0 amide bonds. The molecule has 0 aliphatic heterocycles. The van der Waals surface area contributed by atoms with E-state index >= 15 is 0 Å². The van der Waals surface area contributed by atoms with Crippen LogP contribution in [0.5, 0.6) is 11.5 Å². The van der Waals surface area contributed by atoms with Gasteiger partial charge in [-0.3, -0.25) is 0 Å². The maximum atomic E-state index is 12.8. The Morgan fingerprint density at radius 2 is 1.57 bits per heavy atom. The Kier molecular flexibility index (Phi) is 5.17. The lowest BCUT2D eigenvalue weighted by molar-refractivity contribution is 0.107. The van der Waals surface area contributed by atoms with Crippen molar-refractivity contribution < 1.29 is 18.8 Å². The smallest absolute Gasteiger partial charge is 0.462 e. The van der Waals surface area contributed by atoms with Crippen LogP contribution in [0.3, 0.4) is 0 Å². The lowest BCUT2D eigenvalue weighted by Gasteiger charge is -2.06. The molecule has 0 bridgehead atoms. The zero-order chi connectivity index (χ0) is 17.1. The van der Waals surface area contributed by atoms with E-state index in [0.29, 0.717) is 22.4 Å². The Morgan fingerprint density at radius 3 is 2.09 bits per heavy atom. The second kappa shape index (κ2) is 6.93. The molecule has 0 spiro atoms. The van der Waals surface area contributed by atoms with Crippen molar-refractivity contribution in [2.24, 2.45) is 0 Å². The number of hydrogen-bond donors (Lipinski definition) is 0. The molecule has 2 rings (SSSR count). The molecule has 2 aromatic rings. The first-order chi connectivity index (χ1) is 10.9. The van der Waals surface area contributed by atoms with Gasteiger partial charge < -0.3 is 9.47 Å². The van der Waals surface area contributed by atoms with E-state index in [4.69, 9.17) is 9.47 Å². The average molecular weight is 331 g/mol. The summed E-state index contributed by atoms with van der Waals surface area (Å²) in [7, 11) is 0.752. The first-order valence-electron chi connectivity index (χ1n) is 7.20. The summed E-state index contributed by atoms with van der Waals surface area (Å²) < 4.78 is 23.2. The molecule has 120 valence electrons. The predicted molar refractivity (Wildman–Crippen MR) is 91.8 cm³/mol. The van der Waals surface area contributed by atoms with Gasteiger partial charge in [-0.05, 0) is 44.0 Å². The molecule has 0 saturated carbocycles. The quantitative estimate of drug-likeness (QED) is 0.779. The minimum atomic E-state index is -2.27. The normalized spacial score (nSPS) is 11.1. The van der Waals surface area contributed by atoms with Crippen LogP contribution in [0.4, 0.5) is 0 Å². The zero-order valence-electron chi connectivity index (χ0n) is 14.0. The Balaban J connectivity index is 2.47. The summed E-state index contributed by atoms with van der Waals surface area (Å²) in [6.07, 6.45) is 0. The van der Waals surface area contributed by atoms with E-state index in [0.717, 1.165) is 16.7 Å². The number of rotatable bonds is 5. The van der Waals surface area contributed by atoms with Gasteiger partial charge >= 0.3 is 13.3 Å². The van der Waals surface area contributed by atoms with Crippen LogP contribution in [0.15, 0.2) is 30.3 Å². The molecule has 2 aromatic carbocycles. The minimum Gasteiger partial charge on any atom is -0.497 e. The molecule has 0 aromatic heterocycles. The predicted octanol–water partition coefficient (Wildman–Crippen LogP) is 3.92. The number of aryl methyl sites for hydroxylation is 3. The first-order valence-corrected chi connectivity index (χ1v) is 8.46. The van der Waals surface area contributed by atoms with E-state index in [1.54, 1.807) is 25.3 Å². The Labute approximate surface area is 137 Å². The molecule has 0 fully saturated rings. The van der Waals surface area contributed by atoms with Crippen molar-refractivity contribution in [3.05, 3.63) is 52.6 Å². The van der Waals surface area contributed by atoms with Crippen LogP contribution in [-0.2, 0) is 4.57 Å². The molecule has 0 aliphatic carbocycles. The highest BCUT2D eigenvalue weighted by Gasteiger charge is 2.37. The zero-order valence-corrected chi connectivity index (χ0v) is 14.9. The van der Waals surface area contributed by atoms with Gasteiger partial charge in [0.05, 0.1) is 19.8 Å². The van der Waals surface area contributed by atoms with Gasteiger partial charge in [0.15, 0.2) is 5.75 Å². The molecule has 0 heterocycles. The van der Waals surface area contributed by atoms with Crippen LogP contribution < -0.4 is 14.8 Å². The van der Waals surface area contributed by atoms with Crippen molar-refractivity contribution in [1.82, 2.24) is 0 Å². The van der Waals surface area contributed by atoms with E-state index in [-0.39, 0.29) is 5.52 Å². The van der Waals surface area contributed by atoms with Crippen LogP contribution in [0.2, 0.25) is 0 Å². The fourth-order valence-electron chi connectivity index (χ4n) is 2.68. The second-order valence-electron chi connectivity index (χ2n) is 5.41. The maximum Gasteiger partial charge on any atom is 0.462 e. The molecule has 1 atom stereocenters. The molecule has 0 N–H and O–H groups in total. The Morgan fingerprint density at radius 1 is 0.957 bits per heavy atom. The van der Waals surface area contributed by atoms with E-state index in [2.05, 4.69) is 0 Å². The lowest BCUT2D eigenvalue weighted by Crippen LogP contribution is -2.10. The van der Waals surface area contributed by atoms with Crippen LogP contribution in [0, 0.1) is 20.8 Å². The largest absolute Gasteiger partial charge is 0.497 e. The van der Waals surface area contributed by atoms with Gasteiger partial charge in [-0.1, -0.05) is 22.3 Å². The van der Waals surface area contributed by atoms with Crippen molar-refractivity contribution in [3.8, 4) is 11.5 Å². The molecule has 0 saturated heterocycles. The van der Waals surface area contributed by atoms with E-state index in [1.165, 1.54) is 7.11 Å². The molecule has 4 nitrogen and oxygen atoms in total. The third kappa shape index (κ3) is 3.43. The number of carbonyl (C=O) groups excluding carboxylic acids is 1. The van der Waals surface area contributed by atoms with Gasteiger partial charge in [-0.25, -0.2) is 4.79 Å². The molecule has 23 heavy (non-hydrogen) atoms. The fraction of sp³-hybridized carbons (Fsp3) is 0.278. The number of hydrogen-bond acceptors (Lipinski definition) is 4. The van der Waals surface area contributed by atoms with Gasteiger partial charge in [0.1, 0.15) is 5.75 Å². The summed E-state index contributed by atoms with van der Waals surface area (Å²) in [4.78, 5) is 12.8. The SMILES string of the molecule is COc1ccc([P+](=O)C(=O)c2c(C)cc(C)cc2C)c(OC)c1. The monoisotopic (exact) mass is 331 g/mol. The number of methoxy groups -OCH3 is 2. The van der Waals surface area contributed by atoms with Crippen LogP contribution in [0.1, 0.15) is 27.0 Å². The molecule has 1 unspecified atom stereocenters. The summed E-state index contributed by atoms with van der Waals surface area (Å²) in [6, 6.07) is 8.77. The topological polar surface area (TPSA) is 52.6 Å². The van der Waals surface area contributed by atoms with Crippen molar-refractivity contribution >= 4 is 18.6 Å². The summed E-state index contributed by atoms with van der Waals surface area (Å²) in [5, 5.41) is 0.382. The summed E-state index contributed by atoms with van der Waals surface area (Å²) in [5.74, 6) is 0.977. The summed E-state index contributed by atoms with van der Waals surface area (Å²) in [6.45, 7) is 5.70. The standard InChI is InChI=1S/C18H20O4P/c1-11-8-12(2)17(13(3)9-11)18(19)23(20)16-7-6-14(21-4)10-15(16)22-5/h6-10H,1-5H3/q+1. The highest BCUT2D eigenvalue weighted by Crippen LogP contribution is 2.34. The first kappa shape index (κ1) is 17.2. The lowest BCUT2D eigenvalue weighted by atomic mass is 10.0. The highest BCUT2D eigenvalue weighted by molar-refractivity contribution is 7.71. The number of ether oxygens (including phenoxy) is 2. The molecular formula is C18H20O4P+. The molecular weight excluding hydrogens is 311 g/mol. The van der Waals surface area contributed by atoms with Gasteiger partial charge in [-0.15, -0.1) is 0 Å². The summed E-state index contributed by atoms with van der Waals surface area (Å²) >= 11 is 0. The van der Waals surface area contributed by atoms with Crippen molar-refractivity contribution in [2.45, 2.75) is 20.8 Å². The van der Waals surface area contributed by atoms with Crippen LogP contribution in [-0.4, -0.2) is 19.7 Å². The van der Waals surface area contributed by atoms with Gasteiger partial charge in [0.25, 0.3) is 0 Å². The minimum absolute atomic E-state index is 0.376. The molecule has 0 radical (unpaired) electrons. The van der Waals surface area contributed by atoms with Crippen molar-refractivity contribution in [3.63, 3.8) is 0 Å². The number of benzene rings is 2. The fourth-order valence-corrected chi connectivity index (χ4v) is 4.02. The highest BCUT2D eigenvalue weighted by atomic mass is 31.1. The van der Waals surface area contributed by atoms with Crippen molar-refractivity contribution in [2.75, 3.05) is 14.2 Å². The van der Waals surface area contributed by atoms with Gasteiger partial charge in [-0.2, -0.15) is 0 Å². The molecule has 0 aliphatic rings. The van der Waals surface area contributed by atoms with Gasteiger partial charge in [0, 0.05) is 6.07 Å². The van der Waals surface area contributed by atoms with Crippen LogP contribution in [0.25, 0.3) is 0 Å². The van der Waals surface area contributed by atoms with Crippen molar-refractivity contribution in [1.29, 1.82) is 0 Å². The Hall–Kier alpha value is -2.19. The maximum absolute atomic E-state index is 12.8. The third-order valence-corrected chi connectivity index (χ3v) is 5.08. The third-order valence-electron chi connectivity index (χ3n) is 3.68. The average Bonchev–Trinajstić information content (AvgIpc) is 2.52. The summed E-state index contributed by atoms with van der Waals surface area (Å²) in [5.41, 5.74) is 2.90. The van der Waals surface area contributed by atoms with Gasteiger partial charge in [0.2, 0.25) is 5.30 Å². The van der Waals surface area contributed by atoms with E-state index in [9.17, 15) is 9.36 Å². The Bertz CT molecular complexity index is 758. The van der Waals surface area contributed by atoms with Crippen LogP contribution >= 0.6 is 7.80 Å². The van der Waals surface area contributed by atoms with E-state index < -0.39 is 7.80 Å². The van der Waals surface area contributed by atoms with E-state index in [1.807, 2.05) is 32.9 Å².